The van der Waals surface area contributed by atoms with E-state index in [1.807, 2.05) is 27.7 Å². The lowest BCUT2D eigenvalue weighted by molar-refractivity contribution is -0.112. The Labute approximate surface area is 558 Å². The van der Waals surface area contributed by atoms with E-state index in [1.165, 1.54) is 75.6 Å². The van der Waals surface area contributed by atoms with Crippen molar-refractivity contribution in [2.24, 2.45) is 35.5 Å². The molecule has 504 valence electrons. The lowest BCUT2D eigenvalue weighted by atomic mass is 9.84. The molecule has 31 heteroatoms. The predicted octanol–water partition coefficient (Wildman–Crippen LogP) is 9.40. The second-order valence-electron chi connectivity index (χ2n) is 26.3. The maximum absolute atomic E-state index is 14.6. The first-order valence-electron chi connectivity index (χ1n) is 31.9. The standard InChI is InChI=1S/C24H23FN6O4.C24H25FN6O4.C19H17FN6O2/c1-24(5-6-24)35-23(32)30-9-14-11-33-12-15(10-30)20(14)34-22-17-8-29-31(21(17)27-13-28-22)19-4-3-16(26-2)7-18(19)25;1-24(2,3)35-23(32)30-9-14-11-33-12-15(10-30)20(14)34-22-17-8-29-31(21(17)27-13-28-22)19-6-5-16(26-4)7-18(19)25;1-21-13-2-3-16(15(20)4-13)26-18-14(7-25-26)19(24-10-23-18)28-17-11-5-22-6-12(17)9-27-8-11/h3-4,7-8,13-15,20H,5-6,9-12H2,1H3;5-8,13-15,20H,9-12H2,1-3H3;2-4,7,10-12,17,22H,5-6,8-9H2. The molecule has 2 amide bonds. The van der Waals surface area contributed by atoms with Crippen LogP contribution >= 0.6 is 0 Å². The lowest BCUT2D eigenvalue weighted by Gasteiger charge is -2.46. The van der Waals surface area contributed by atoms with E-state index in [0.29, 0.717) is 117 Å². The molecule has 28 nitrogen and oxygen atoms in total. The molecule has 7 fully saturated rings. The van der Waals surface area contributed by atoms with Crippen LogP contribution in [0.4, 0.5) is 39.8 Å². The van der Waals surface area contributed by atoms with Crippen LogP contribution < -0.4 is 19.5 Å². The van der Waals surface area contributed by atoms with Crippen molar-refractivity contribution in [3.8, 4) is 34.7 Å². The first kappa shape index (κ1) is 64.7. The average molecular weight is 1340 g/mol. The van der Waals surface area contributed by atoms with Gasteiger partial charge in [-0.05, 0) is 76.9 Å². The summed E-state index contributed by atoms with van der Waals surface area (Å²) in [5, 5.41) is 18.0. The molecule has 16 rings (SSSR count). The maximum Gasteiger partial charge on any atom is 0.410 e. The topological polar surface area (TPSA) is 270 Å². The summed E-state index contributed by atoms with van der Waals surface area (Å²) in [4.78, 5) is 64.3. The number of nitrogens with one attached hydrogen (secondary N) is 1. The second kappa shape index (κ2) is 26.7. The van der Waals surface area contributed by atoms with Gasteiger partial charge in [-0.2, -0.15) is 15.3 Å². The van der Waals surface area contributed by atoms with Crippen LogP contribution in [0.5, 0.6) is 17.6 Å². The van der Waals surface area contributed by atoms with Gasteiger partial charge in [0, 0.05) is 74.8 Å². The molecule has 12 heterocycles. The third kappa shape index (κ3) is 13.2. The zero-order valence-electron chi connectivity index (χ0n) is 53.6. The Morgan fingerprint density at radius 3 is 1.18 bits per heavy atom. The Morgan fingerprint density at radius 1 is 0.520 bits per heavy atom. The summed E-state index contributed by atoms with van der Waals surface area (Å²) in [6.45, 7) is 35.3. The third-order valence-corrected chi connectivity index (χ3v) is 18.2. The van der Waals surface area contributed by atoms with E-state index in [-0.39, 0.29) is 106 Å². The molecule has 6 unspecified atom stereocenters. The van der Waals surface area contributed by atoms with Gasteiger partial charge in [-0.15, -0.1) is 0 Å². The highest BCUT2D eigenvalue weighted by Gasteiger charge is 2.49. The number of carbonyl (C=O) groups excluding carboxylic acids is 2. The van der Waals surface area contributed by atoms with Crippen LogP contribution in [-0.2, 0) is 23.7 Å². The van der Waals surface area contributed by atoms with Crippen LogP contribution in [0.25, 0.3) is 64.7 Å². The molecular formula is C67H65F3N18O10. The van der Waals surface area contributed by atoms with Crippen molar-refractivity contribution in [3.05, 3.63) is 144 Å². The monoisotopic (exact) mass is 1340 g/mol. The van der Waals surface area contributed by atoms with E-state index < -0.39 is 23.1 Å². The van der Waals surface area contributed by atoms with E-state index in [0.717, 1.165) is 38.1 Å². The van der Waals surface area contributed by atoms with Gasteiger partial charge in [0.1, 0.15) is 99.2 Å². The van der Waals surface area contributed by atoms with Crippen molar-refractivity contribution in [3.63, 3.8) is 0 Å². The van der Waals surface area contributed by atoms with Crippen LogP contribution in [0.1, 0.15) is 40.5 Å². The fourth-order valence-corrected chi connectivity index (χ4v) is 13.2. The normalized spacial score (nSPS) is 23.5. The lowest BCUT2D eigenvalue weighted by Crippen LogP contribution is -2.59. The summed E-state index contributed by atoms with van der Waals surface area (Å²) in [7, 11) is 0. The number of likely N-dealkylation sites (tertiary alicyclic amines) is 2. The first-order valence-corrected chi connectivity index (χ1v) is 31.9. The van der Waals surface area contributed by atoms with Crippen LogP contribution in [0.2, 0.25) is 0 Å². The Balaban J connectivity index is 0.000000127. The summed E-state index contributed by atoms with van der Waals surface area (Å²) >= 11 is 0. The number of amides is 2. The van der Waals surface area contributed by atoms with Crippen molar-refractivity contribution in [1.29, 1.82) is 0 Å². The van der Waals surface area contributed by atoms with Gasteiger partial charge in [-0.25, -0.2) is 81.2 Å². The number of nitrogens with zero attached hydrogens (tertiary/aromatic N) is 17. The quantitative estimate of drug-likeness (QED) is 0.125. The molecule has 9 aromatic rings. The van der Waals surface area contributed by atoms with E-state index in [4.69, 9.17) is 57.6 Å². The number of fused-ring (bicyclic) bond motifs is 9. The molecule has 0 spiro atoms. The highest BCUT2D eigenvalue weighted by molar-refractivity contribution is 5.83. The van der Waals surface area contributed by atoms with Crippen molar-refractivity contribution in [2.45, 2.75) is 70.1 Å². The molecule has 0 radical (unpaired) electrons. The van der Waals surface area contributed by atoms with Crippen LogP contribution in [0.3, 0.4) is 0 Å². The number of aromatic nitrogens is 12. The van der Waals surface area contributed by atoms with Crippen molar-refractivity contribution >= 4 is 62.3 Å². The zero-order valence-corrected chi connectivity index (χ0v) is 53.6. The highest BCUT2D eigenvalue weighted by Crippen LogP contribution is 2.42. The number of piperidine rings is 3. The smallest absolute Gasteiger partial charge is 0.410 e. The number of halogens is 3. The molecule has 6 atom stereocenters. The average Bonchev–Trinajstić information content (AvgIpc) is 1.62. The molecule has 3 aromatic carbocycles. The number of benzene rings is 3. The molecule has 1 saturated carbocycles. The predicted molar refractivity (Wildman–Crippen MR) is 342 cm³/mol. The molecule has 6 saturated heterocycles. The van der Waals surface area contributed by atoms with E-state index in [2.05, 4.69) is 65.1 Å². The molecular weight excluding hydrogens is 1270 g/mol. The molecule has 1 N–H and O–H groups in total. The highest BCUT2D eigenvalue weighted by atomic mass is 19.1. The van der Waals surface area contributed by atoms with Crippen LogP contribution in [-0.4, -0.2) is 190 Å². The van der Waals surface area contributed by atoms with E-state index in [1.54, 1.807) is 28.3 Å². The van der Waals surface area contributed by atoms with Crippen LogP contribution in [0, 0.1) is 72.7 Å². The minimum Gasteiger partial charge on any atom is -0.473 e. The molecule has 7 aliphatic rings. The van der Waals surface area contributed by atoms with Crippen LogP contribution in [0.15, 0.2) is 92.2 Å². The summed E-state index contributed by atoms with van der Waals surface area (Å²) in [6, 6.07) is 12.6. The Bertz CT molecular complexity index is 4410. The third-order valence-electron chi connectivity index (χ3n) is 18.2. The summed E-state index contributed by atoms with van der Waals surface area (Å²) in [6.07, 6.45) is 9.52. The summed E-state index contributed by atoms with van der Waals surface area (Å²) in [5.74, 6) is -0.250. The molecule has 6 aromatic heterocycles. The van der Waals surface area contributed by atoms with Gasteiger partial charge in [0.05, 0.1) is 77.9 Å². The number of ether oxygens (including phenoxy) is 8. The largest absolute Gasteiger partial charge is 0.473 e. The number of rotatable bonds is 10. The van der Waals surface area contributed by atoms with Crippen molar-refractivity contribution in [1.82, 2.24) is 74.4 Å². The Hall–Kier alpha value is -10.7. The molecule has 98 heavy (non-hydrogen) atoms. The molecule has 1 aliphatic carbocycles. The number of hydrogen-bond acceptors (Lipinski definition) is 20. The Morgan fingerprint density at radius 2 is 0.857 bits per heavy atom. The van der Waals surface area contributed by atoms with E-state index >= 15 is 0 Å². The van der Waals surface area contributed by atoms with Gasteiger partial charge in [0.15, 0.2) is 34.0 Å². The maximum atomic E-state index is 14.6. The van der Waals surface area contributed by atoms with Gasteiger partial charge in [0.2, 0.25) is 17.6 Å². The van der Waals surface area contributed by atoms with Gasteiger partial charge in [0.25, 0.3) is 0 Å². The summed E-state index contributed by atoms with van der Waals surface area (Å²) < 4.78 is 95.3. The van der Waals surface area contributed by atoms with Gasteiger partial charge < -0.3 is 53.0 Å². The first-order chi connectivity index (χ1) is 47.4. The Kier molecular flexibility index (Phi) is 17.7. The zero-order chi connectivity index (χ0) is 68.0. The molecule has 6 bridgehead atoms. The number of hydrogen-bond donors (Lipinski definition) is 1. The minimum atomic E-state index is -0.578. The fraction of sp³-hybridized carbons (Fsp3) is 0.433. The minimum absolute atomic E-state index is 0.00568. The van der Waals surface area contributed by atoms with E-state index in [9.17, 15) is 22.8 Å². The van der Waals surface area contributed by atoms with Gasteiger partial charge in [-0.3, -0.25) is 0 Å². The number of carbonyl (C=O) groups is 2. The van der Waals surface area contributed by atoms with Crippen molar-refractivity contribution in [2.75, 3.05) is 78.9 Å². The molecule has 6 aliphatic heterocycles. The second-order valence-corrected chi connectivity index (χ2v) is 26.3. The summed E-state index contributed by atoms with van der Waals surface area (Å²) in [5.41, 5.74) is 1.56. The van der Waals surface area contributed by atoms with Gasteiger partial charge >= 0.3 is 12.2 Å². The van der Waals surface area contributed by atoms with Crippen molar-refractivity contribution < 1.29 is 60.7 Å². The fourth-order valence-electron chi connectivity index (χ4n) is 13.2. The SMILES string of the molecule is [C-]#[N+]c1ccc(-n2ncc3c(OC4C5CNCC4COC5)ncnc32)c(F)c1.[C-]#[N+]c1ccc(-n2ncc3c(OC4C5COCC4CN(C(=O)OC(C)(C)C)C5)ncnc32)c(F)c1.[C-]#[N+]c1ccc(-n2ncc3c(OC4C5COCC4CN(C(=O)OC4(C)CC4)C5)ncnc32)c(F)c1. The van der Waals surface area contributed by atoms with Gasteiger partial charge in [-0.1, -0.05) is 18.2 Å².